The van der Waals surface area contributed by atoms with Crippen molar-refractivity contribution in [2.24, 2.45) is 5.92 Å². The molecule has 1 aliphatic heterocycles. The van der Waals surface area contributed by atoms with E-state index in [1.165, 1.54) is 5.56 Å². The molecule has 1 heterocycles. The second kappa shape index (κ2) is 11.1. The van der Waals surface area contributed by atoms with Gasteiger partial charge in [-0.15, -0.1) is 0 Å². The van der Waals surface area contributed by atoms with Crippen molar-refractivity contribution in [2.45, 2.75) is 39.7 Å². The Bertz CT molecular complexity index is 870. The first kappa shape index (κ1) is 23.0. The fourth-order valence-corrected chi connectivity index (χ4v) is 3.95. The number of carbonyl (C=O) groups excluding carboxylic acids is 2. The summed E-state index contributed by atoms with van der Waals surface area (Å²) in [6, 6.07) is 16.0. The van der Waals surface area contributed by atoms with Crippen LogP contribution in [0.25, 0.3) is 0 Å². The summed E-state index contributed by atoms with van der Waals surface area (Å²) in [4.78, 5) is 29.3. The molecule has 0 spiro atoms. The molecule has 166 valence electrons. The normalized spacial score (nSPS) is 14.0. The fraction of sp³-hybridized carbons (Fsp3) is 0.462. The Kier molecular flexibility index (Phi) is 8.24. The van der Waals surface area contributed by atoms with E-state index in [2.05, 4.69) is 30.9 Å². The number of hydrogen-bond donors (Lipinski definition) is 0. The van der Waals surface area contributed by atoms with Crippen LogP contribution in [0.2, 0.25) is 0 Å². The molecule has 1 aliphatic rings. The van der Waals surface area contributed by atoms with E-state index in [9.17, 15) is 9.59 Å². The number of morpholine rings is 1. The highest BCUT2D eigenvalue weighted by molar-refractivity contribution is 5.98. The van der Waals surface area contributed by atoms with E-state index in [0.29, 0.717) is 18.0 Å². The van der Waals surface area contributed by atoms with Crippen molar-refractivity contribution < 1.29 is 14.3 Å². The number of amides is 1. The second-order valence-electron chi connectivity index (χ2n) is 8.70. The second-order valence-corrected chi connectivity index (χ2v) is 8.70. The van der Waals surface area contributed by atoms with Gasteiger partial charge in [-0.3, -0.25) is 9.59 Å². The first-order valence-corrected chi connectivity index (χ1v) is 11.2. The lowest BCUT2D eigenvalue weighted by Crippen LogP contribution is -2.37. The number of para-hydroxylation sites is 1. The Hall–Kier alpha value is -2.66. The van der Waals surface area contributed by atoms with Crippen LogP contribution in [0.5, 0.6) is 0 Å². The van der Waals surface area contributed by atoms with Crippen LogP contribution >= 0.6 is 0 Å². The topological polar surface area (TPSA) is 49.9 Å². The van der Waals surface area contributed by atoms with Gasteiger partial charge >= 0.3 is 0 Å². The molecule has 0 unspecified atom stereocenters. The largest absolute Gasteiger partial charge is 0.378 e. The van der Waals surface area contributed by atoms with Crippen LogP contribution in [0.1, 0.15) is 48.2 Å². The minimum Gasteiger partial charge on any atom is -0.378 e. The van der Waals surface area contributed by atoms with Gasteiger partial charge in [-0.1, -0.05) is 56.3 Å². The van der Waals surface area contributed by atoms with E-state index in [4.69, 9.17) is 4.74 Å². The van der Waals surface area contributed by atoms with Crippen molar-refractivity contribution in [1.82, 2.24) is 4.90 Å². The summed E-state index contributed by atoms with van der Waals surface area (Å²) in [5.74, 6) is 0.594. The third-order valence-corrected chi connectivity index (χ3v) is 5.66. The van der Waals surface area contributed by atoms with Crippen LogP contribution in [0.4, 0.5) is 5.69 Å². The van der Waals surface area contributed by atoms with Crippen LogP contribution in [0.15, 0.2) is 48.5 Å². The van der Waals surface area contributed by atoms with Crippen molar-refractivity contribution in [2.75, 3.05) is 38.3 Å². The van der Waals surface area contributed by atoms with Crippen molar-refractivity contribution in [1.29, 1.82) is 0 Å². The molecule has 5 heteroatoms. The third-order valence-electron chi connectivity index (χ3n) is 5.66. The van der Waals surface area contributed by atoms with E-state index in [1.54, 1.807) is 4.90 Å². The van der Waals surface area contributed by atoms with Gasteiger partial charge in [-0.05, 0) is 29.5 Å². The van der Waals surface area contributed by atoms with Gasteiger partial charge < -0.3 is 14.5 Å². The number of rotatable bonds is 9. The minimum atomic E-state index is -0.0124. The predicted octanol–water partition coefficient (Wildman–Crippen LogP) is 4.34. The number of carbonyl (C=O) groups is 2. The average molecular weight is 423 g/mol. The summed E-state index contributed by atoms with van der Waals surface area (Å²) in [5, 5.41) is 0. The number of ketones is 1. The first-order valence-electron chi connectivity index (χ1n) is 11.2. The molecule has 3 rings (SSSR count). The zero-order valence-corrected chi connectivity index (χ0v) is 19.0. The lowest BCUT2D eigenvalue weighted by Gasteiger charge is -2.31. The maximum atomic E-state index is 12.7. The number of ether oxygens (including phenoxy) is 1. The van der Waals surface area contributed by atoms with Crippen LogP contribution in [-0.4, -0.2) is 49.9 Å². The average Bonchev–Trinajstić information content (AvgIpc) is 2.78. The molecular formula is C26H34N2O3. The van der Waals surface area contributed by atoms with E-state index in [1.807, 2.05) is 43.4 Å². The summed E-state index contributed by atoms with van der Waals surface area (Å²) < 4.78 is 5.46. The van der Waals surface area contributed by atoms with E-state index in [0.717, 1.165) is 44.0 Å². The molecule has 5 nitrogen and oxygen atoms in total. The summed E-state index contributed by atoms with van der Waals surface area (Å²) in [5.41, 5.74) is 4.19. The molecule has 1 saturated heterocycles. The van der Waals surface area contributed by atoms with E-state index >= 15 is 0 Å². The van der Waals surface area contributed by atoms with Gasteiger partial charge in [0.25, 0.3) is 0 Å². The molecule has 2 aromatic carbocycles. The molecule has 1 fully saturated rings. The maximum absolute atomic E-state index is 12.7. The summed E-state index contributed by atoms with van der Waals surface area (Å²) in [7, 11) is 1.81. The molecule has 0 radical (unpaired) electrons. The molecule has 2 aromatic rings. The molecule has 31 heavy (non-hydrogen) atoms. The van der Waals surface area contributed by atoms with Crippen LogP contribution in [0.3, 0.4) is 0 Å². The standard InChI is InChI=1S/C26H34N2O3/c1-20(2)18-21-8-10-22(11-9-21)25(29)12-13-26(30)27(3)19-23-6-4-5-7-24(23)28-14-16-31-17-15-28/h4-11,20H,12-19H2,1-3H3. The Morgan fingerprint density at radius 3 is 2.35 bits per heavy atom. The molecule has 0 atom stereocenters. The van der Waals surface area contributed by atoms with Crippen molar-refractivity contribution in [3.05, 3.63) is 65.2 Å². The number of anilines is 1. The maximum Gasteiger partial charge on any atom is 0.223 e. The predicted molar refractivity (Wildman–Crippen MR) is 124 cm³/mol. The Balaban J connectivity index is 1.53. The highest BCUT2D eigenvalue weighted by atomic mass is 16.5. The van der Waals surface area contributed by atoms with Gasteiger partial charge in [0.05, 0.1) is 13.2 Å². The molecule has 0 saturated carbocycles. The Morgan fingerprint density at radius 1 is 1.00 bits per heavy atom. The van der Waals surface area contributed by atoms with Crippen molar-refractivity contribution in [3.8, 4) is 0 Å². The smallest absolute Gasteiger partial charge is 0.223 e. The van der Waals surface area contributed by atoms with E-state index < -0.39 is 0 Å². The lowest BCUT2D eigenvalue weighted by molar-refractivity contribution is -0.130. The number of hydrogen-bond acceptors (Lipinski definition) is 4. The van der Waals surface area contributed by atoms with Crippen LogP contribution in [-0.2, 0) is 22.5 Å². The molecule has 0 N–H and O–H groups in total. The number of benzene rings is 2. The van der Waals surface area contributed by atoms with Gasteiger partial charge in [0, 0.05) is 50.8 Å². The summed E-state index contributed by atoms with van der Waals surface area (Å²) >= 11 is 0. The summed E-state index contributed by atoms with van der Waals surface area (Å²) in [6.07, 6.45) is 1.46. The van der Waals surface area contributed by atoms with E-state index in [-0.39, 0.29) is 24.5 Å². The zero-order chi connectivity index (χ0) is 22.2. The lowest BCUT2D eigenvalue weighted by atomic mass is 9.99. The summed E-state index contributed by atoms with van der Waals surface area (Å²) in [6.45, 7) is 8.07. The van der Waals surface area contributed by atoms with Gasteiger partial charge in [0.2, 0.25) is 5.91 Å². The molecule has 1 amide bonds. The number of Topliss-reactive ketones (excluding diaryl/α,β-unsaturated/α-hetero) is 1. The monoisotopic (exact) mass is 422 g/mol. The fourth-order valence-electron chi connectivity index (χ4n) is 3.95. The van der Waals surface area contributed by atoms with Crippen LogP contribution in [0, 0.1) is 5.92 Å². The molecule has 0 aromatic heterocycles. The first-order chi connectivity index (χ1) is 14.9. The van der Waals surface area contributed by atoms with Gasteiger partial charge in [0.15, 0.2) is 5.78 Å². The van der Waals surface area contributed by atoms with Gasteiger partial charge in [-0.2, -0.15) is 0 Å². The van der Waals surface area contributed by atoms with Crippen molar-refractivity contribution in [3.63, 3.8) is 0 Å². The third kappa shape index (κ3) is 6.66. The number of nitrogens with zero attached hydrogens (tertiary/aromatic N) is 2. The molecular weight excluding hydrogens is 388 g/mol. The van der Waals surface area contributed by atoms with Gasteiger partial charge in [-0.25, -0.2) is 0 Å². The Morgan fingerprint density at radius 2 is 1.68 bits per heavy atom. The minimum absolute atomic E-state index is 0.0124. The highest BCUT2D eigenvalue weighted by Crippen LogP contribution is 2.23. The molecule has 0 aliphatic carbocycles. The van der Waals surface area contributed by atoms with Gasteiger partial charge in [0.1, 0.15) is 0 Å². The van der Waals surface area contributed by atoms with Crippen LogP contribution < -0.4 is 4.90 Å². The van der Waals surface area contributed by atoms with Crippen molar-refractivity contribution >= 4 is 17.4 Å². The quantitative estimate of drug-likeness (QED) is 0.564. The zero-order valence-electron chi connectivity index (χ0n) is 19.0. The highest BCUT2D eigenvalue weighted by Gasteiger charge is 2.18. The SMILES string of the molecule is CC(C)Cc1ccc(C(=O)CCC(=O)N(C)Cc2ccccc2N2CCOCC2)cc1. The molecule has 0 bridgehead atoms. The Labute approximate surface area is 186 Å².